The lowest BCUT2D eigenvalue weighted by Crippen LogP contribution is -2.06. The summed E-state index contributed by atoms with van der Waals surface area (Å²) in [4.78, 5) is 12.0. The number of ketones is 1. The lowest BCUT2D eigenvalue weighted by atomic mass is 10.1. The highest BCUT2D eigenvalue weighted by atomic mass is 79.9. The molecule has 7 heteroatoms. The van der Waals surface area contributed by atoms with E-state index in [2.05, 4.69) is 31.9 Å². The molecule has 0 fully saturated rings. The van der Waals surface area contributed by atoms with Crippen LogP contribution < -0.4 is 0 Å². The number of carbonyl (C=O) groups is 1. The second kappa shape index (κ2) is 6.88. The molecule has 0 unspecified atom stereocenters. The number of allylic oxidation sites excluding steroid dienone is 1. The average Bonchev–Trinajstić information content (AvgIpc) is 2.49. The molecule has 2 aromatic carbocycles. The van der Waals surface area contributed by atoms with Crippen LogP contribution in [0, 0.1) is 0 Å². The van der Waals surface area contributed by atoms with Crippen molar-refractivity contribution in [3.05, 3.63) is 68.1 Å². The molecule has 0 amide bonds. The van der Waals surface area contributed by atoms with Gasteiger partial charge >= 0.3 is 6.18 Å². The molecule has 0 saturated heterocycles. The zero-order valence-corrected chi connectivity index (χ0v) is 14.5. The summed E-state index contributed by atoms with van der Waals surface area (Å²) < 4.78 is 38.8. The van der Waals surface area contributed by atoms with Crippen molar-refractivity contribution in [3.63, 3.8) is 0 Å². The summed E-state index contributed by atoms with van der Waals surface area (Å²) in [5.41, 5.74) is -0.318. The van der Waals surface area contributed by atoms with Gasteiger partial charge in [-0.05, 0) is 67.8 Å². The Morgan fingerprint density at radius 3 is 2.26 bits per heavy atom. The largest absolute Gasteiger partial charge is 0.506 e. The highest BCUT2D eigenvalue weighted by molar-refractivity contribution is 9.11. The number of hydrogen-bond donors (Lipinski definition) is 1. The number of phenolic OH excluding ortho intramolecular Hbond substituents is 1. The molecule has 0 saturated carbocycles. The van der Waals surface area contributed by atoms with Crippen molar-refractivity contribution in [2.24, 2.45) is 0 Å². The number of carbonyl (C=O) groups excluding carboxylic acids is 1. The third-order valence-electron chi connectivity index (χ3n) is 2.94. The summed E-state index contributed by atoms with van der Waals surface area (Å²) in [7, 11) is 0. The summed E-state index contributed by atoms with van der Waals surface area (Å²) in [6, 6.07) is 7.40. The second-order valence-corrected chi connectivity index (χ2v) is 6.32. The summed E-state index contributed by atoms with van der Waals surface area (Å²) in [5.74, 6) is -0.525. The molecule has 2 rings (SSSR count). The van der Waals surface area contributed by atoms with Gasteiger partial charge in [-0.2, -0.15) is 13.2 Å². The fraction of sp³-hybridized carbons (Fsp3) is 0.0625. The molecule has 2 nitrogen and oxygen atoms in total. The lowest BCUT2D eigenvalue weighted by molar-refractivity contribution is -0.137. The first-order valence-corrected chi connectivity index (χ1v) is 7.85. The van der Waals surface area contributed by atoms with Gasteiger partial charge < -0.3 is 5.11 Å². The Morgan fingerprint density at radius 1 is 1.09 bits per heavy atom. The fourth-order valence-electron chi connectivity index (χ4n) is 1.80. The molecule has 0 spiro atoms. The van der Waals surface area contributed by atoms with Crippen LogP contribution in [0.1, 0.15) is 21.5 Å². The fourth-order valence-corrected chi connectivity index (χ4v) is 3.02. The Hall–Kier alpha value is -1.60. The quantitative estimate of drug-likeness (QED) is 0.472. The summed E-state index contributed by atoms with van der Waals surface area (Å²) in [6.07, 6.45) is -1.86. The molecular formula is C16H9Br2F3O2. The summed E-state index contributed by atoms with van der Waals surface area (Å²) in [5, 5.41) is 9.60. The number of aromatic hydroxyl groups is 1. The lowest BCUT2D eigenvalue weighted by Gasteiger charge is -2.07. The molecule has 0 aliphatic carbocycles. The van der Waals surface area contributed by atoms with Gasteiger partial charge in [0.2, 0.25) is 0 Å². The Balaban J connectivity index is 2.26. The van der Waals surface area contributed by atoms with Crippen LogP contribution in [0.2, 0.25) is 0 Å². The molecule has 0 heterocycles. The van der Waals surface area contributed by atoms with Crippen LogP contribution in [0.5, 0.6) is 5.75 Å². The van der Waals surface area contributed by atoms with E-state index in [1.807, 2.05) is 0 Å². The van der Waals surface area contributed by atoms with Crippen LogP contribution in [0.15, 0.2) is 51.4 Å². The van der Waals surface area contributed by atoms with Crippen molar-refractivity contribution < 1.29 is 23.1 Å². The zero-order valence-electron chi connectivity index (χ0n) is 11.4. The van der Waals surface area contributed by atoms with Gasteiger partial charge in [0.25, 0.3) is 0 Å². The first-order chi connectivity index (χ1) is 10.7. The SMILES string of the molecule is O=C(/C=C/c1cc(Br)c(O)c(Br)c1)c1cccc(C(F)(F)F)c1. The highest BCUT2D eigenvalue weighted by Gasteiger charge is 2.30. The highest BCUT2D eigenvalue weighted by Crippen LogP contribution is 2.34. The summed E-state index contributed by atoms with van der Waals surface area (Å²) in [6.45, 7) is 0. The van der Waals surface area contributed by atoms with Crippen molar-refractivity contribution in [3.8, 4) is 5.75 Å². The molecule has 2 aromatic rings. The zero-order chi connectivity index (χ0) is 17.2. The molecule has 23 heavy (non-hydrogen) atoms. The van der Waals surface area contributed by atoms with Crippen LogP contribution in [0.3, 0.4) is 0 Å². The Kier molecular flexibility index (Phi) is 5.31. The monoisotopic (exact) mass is 448 g/mol. The third kappa shape index (κ3) is 4.45. The molecule has 0 aromatic heterocycles. The Morgan fingerprint density at radius 2 is 1.70 bits per heavy atom. The first kappa shape index (κ1) is 17.7. The van der Waals surface area contributed by atoms with E-state index in [0.29, 0.717) is 14.5 Å². The van der Waals surface area contributed by atoms with Crippen LogP contribution in [-0.2, 0) is 6.18 Å². The van der Waals surface area contributed by atoms with Crippen LogP contribution in [0.25, 0.3) is 6.08 Å². The minimum absolute atomic E-state index is 0.0198. The van der Waals surface area contributed by atoms with E-state index in [0.717, 1.165) is 12.1 Å². The minimum atomic E-state index is -4.49. The van der Waals surface area contributed by atoms with E-state index >= 15 is 0 Å². The van der Waals surface area contributed by atoms with E-state index in [1.54, 1.807) is 12.1 Å². The van der Waals surface area contributed by atoms with Crippen molar-refractivity contribution >= 4 is 43.7 Å². The summed E-state index contributed by atoms with van der Waals surface area (Å²) >= 11 is 6.31. The predicted octanol–water partition coefficient (Wildman–Crippen LogP) is 5.83. The van der Waals surface area contributed by atoms with Crippen molar-refractivity contribution in [1.82, 2.24) is 0 Å². The predicted molar refractivity (Wildman–Crippen MR) is 88.3 cm³/mol. The maximum absolute atomic E-state index is 12.6. The van der Waals surface area contributed by atoms with Gasteiger partial charge in [-0.1, -0.05) is 18.2 Å². The van der Waals surface area contributed by atoms with Crippen molar-refractivity contribution in [2.45, 2.75) is 6.18 Å². The van der Waals surface area contributed by atoms with E-state index in [9.17, 15) is 23.1 Å². The molecule has 120 valence electrons. The molecule has 1 N–H and O–H groups in total. The topological polar surface area (TPSA) is 37.3 Å². The van der Waals surface area contributed by atoms with Crippen LogP contribution >= 0.6 is 31.9 Å². The first-order valence-electron chi connectivity index (χ1n) is 6.26. The number of phenols is 1. The van der Waals surface area contributed by atoms with Gasteiger partial charge in [-0.3, -0.25) is 4.79 Å². The van der Waals surface area contributed by atoms with Crippen LogP contribution in [0.4, 0.5) is 13.2 Å². The smallest absolute Gasteiger partial charge is 0.416 e. The Labute approximate surface area is 146 Å². The second-order valence-electron chi connectivity index (χ2n) is 4.61. The standard InChI is InChI=1S/C16H9Br2F3O2/c17-12-6-9(7-13(18)15(12)23)4-5-14(22)10-2-1-3-11(8-10)16(19,20)21/h1-8,23H/b5-4+. The number of alkyl halides is 3. The number of halogens is 5. The maximum atomic E-state index is 12.6. The molecule has 0 aliphatic rings. The Bertz CT molecular complexity index is 760. The molecule has 0 radical (unpaired) electrons. The van der Waals surface area contributed by atoms with Crippen LogP contribution in [-0.4, -0.2) is 10.9 Å². The van der Waals surface area contributed by atoms with Gasteiger partial charge in [0.05, 0.1) is 14.5 Å². The van der Waals surface area contributed by atoms with E-state index < -0.39 is 17.5 Å². The van der Waals surface area contributed by atoms with Crippen molar-refractivity contribution in [2.75, 3.05) is 0 Å². The van der Waals surface area contributed by atoms with Gasteiger partial charge in [0.1, 0.15) is 5.75 Å². The molecular weight excluding hydrogens is 441 g/mol. The number of rotatable bonds is 3. The van der Waals surface area contributed by atoms with E-state index in [1.165, 1.54) is 24.3 Å². The minimum Gasteiger partial charge on any atom is -0.506 e. The molecule has 0 atom stereocenters. The van der Waals surface area contributed by atoms with Gasteiger partial charge in [-0.15, -0.1) is 0 Å². The van der Waals surface area contributed by atoms with Gasteiger partial charge in [0, 0.05) is 5.56 Å². The maximum Gasteiger partial charge on any atom is 0.416 e. The number of benzene rings is 2. The van der Waals surface area contributed by atoms with Crippen molar-refractivity contribution in [1.29, 1.82) is 0 Å². The molecule has 0 aliphatic heterocycles. The third-order valence-corrected chi connectivity index (χ3v) is 4.15. The van der Waals surface area contributed by atoms with E-state index in [4.69, 9.17) is 0 Å². The number of hydrogen-bond acceptors (Lipinski definition) is 2. The normalized spacial score (nSPS) is 11.9. The van der Waals surface area contributed by atoms with Gasteiger partial charge in [-0.25, -0.2) is 0 Å². The molecule has 0 bridgehead atoms. The average molecular weight is 450 g/mol. The van der Waals surface area contributed by atoms with E-state index in [-0.39, 0.29) is 11.3 Å². The van der Waals surface area contributed by atoms with Gasteiger partial charge in [0.15, 0.2) is 5.78 Å².